The Morgan fingerprint density at radius 1 is 1.13 bits per heavy atom. The first kappa shape index (κ1) is 17.8. The van der Waals surface area contributed by atoms with E-state index in [0.29, 0.717) is 16.7 Å². The van der Waals surface area contributed by atoms with Crippen LogP contribution in [0.4, 0.5) is 5.69 Å². The summed E-state index contributed by atoms with van der Waals surface area (Å²) in [5, 5.41) is 0. The Bertz CT molecular complexity index is 604. The topological polar surface area (TPSA) is 70.8 Å². The van der Waals surface area contributed by atoms with Crippen molar-refractivity contribution < 1.29 is 18.8 Å². The van der Waals surface area contributed by atoms with E-state index in [4.69, 9.17) is 19.8 Å². The van der Waals surface area contributed by atoms with E-state index in [1.165, 1.54) is 0 Å². The Hall–Kier alpha value is -1.53. The number of nitrogens with two attached hydrogens (primary N) is 1. The van der Waals surface area contributed by atoms with Gasteiger partial charge in [-0.1, -0.05) is 6.07 Å². The van der Waals surface area contributed by atoms with Crippen LogP contribution in [0.3, 0.4) is 0 Å². The van der Waals surface area contributed by atoms with Crippen LogP contribution in [0.25, 0.3) is 0 Å². The zero-order valence-electron chi connectivity index (χ0n) is 15.0. The Labute approximate surface area is 138 Å². The fourth-order valence-electron chi connectivity index (χ4n) is 2.26. The summed E-state index contributed by atoms with van der Waals surface area (Å²) in [6.45, 7) is 13.4. The molecule has 1 aliphatic rings. The van der Waals surface area contributed by atoms with E-state index in [1.54, 1.807) is 18.2 Å². The molecule has 0 radical (unpaired) electrons. The number of rotatable bonds is 2. The summed E-state index contributed by atoms with van der Waals surface area (Å²) in [6.07, 6.45) is 0. The van der Waals surface area contributed by atoms with E-state index in [9.17, 15) is 4.79 Å². The van der Waals surface area contributed by atoms with Crippen molar-refractivity contribution in [3.63, 3.8) is 0 Å². The van der Waals surface area contributed by atoms with Gasteiger partial charge in [-0.2, -0.15) is 0 Å². The molecular formula is C17H26BNO4. The van der Waals surface area contributed by atoms with Crippen LogP contribution >= 0.6 is 0 Å². The second kappa shape index (κ2) is 5.53. The molecule has 5 nitrogen and oxygen atoms in total. The largest absolute Gasteiger partial charge is 0.495 e. The van der Waals surface area contributed by atoms with Crippen molar-refractivity contribution in [3.05, 3.63) is 23.8 Å². The van der Waals surface area contributed by atoms with Gasteiger partial charge in [-0.05, 0) is 66.1 Å². The van der Waals surface area contributed by atoms with Gasteiger partial charge in [0.15, 0.2) is 0 Å². The summed E-state index contributed by atoms with van der Waals surface area (Å²) in [4.78, 5) is 12.5. The molecule has 2 N–H and O–H groups in total. The molecule has 0 amide bonds. The number of hydrogen-bond donors (Lipinski definition) is 1. The van der Waals surface area contributed by atoms with Crippen LogP contribution in [0.2, 0.25) is 0 Å². The molecule has 0 spiro atoms. The summed E-state index contributed by atoms with van der Waals surface area (Å²) >= 11 is 0. The predicted octanol–water partition coefficient (Wildman–Crippen LogP) is 2.52. The number of carbonyl (C=O) groups is 1. The van der Waals surface area contributed by atoms with Gasteiger partial charge in [0.2, 0.25) is 0 Å². The monoisotopic (exact) mass is 319 g/mol. The van der Waals surface area contributed by atoms with Crippen LogP contribution in [0.15, 0.2) is 18.2 Å². The molecule has 0 saturated carbocycles. The van der Waals surface area contributed by atoms with Crippen LogP contribution in [-0.4, -0.2) is 29.9 Å². The molecule has 0 aliphatic carbocycles. The lowest BCUT2D eigenvalue weighted by molar-refractivity contribution is 0.00578. The Kier molecular flexibility index (Phi) is 4.28. The summed E-state index contributed by atoms with van der Waals surface area (Å²) < 4.78 is 17.6. The lowest BCUT2D eigenvalue weighted by Gasteiger charge is -2.32. The summed E-state index contributed by atoms with van der Waals surface area (Å²) in [5.41, 5.74) is 5.79. The van der Waals surface area contributed by atoms with E-state index in [2.05, 4.69) is 0 Å². The molecule has 1 fully saturated rings. The van der Waals surface area contributed by atoms with Gasteiger partial charge < -0.3 is 19.8 Å². The first-order valence-corrected chi connectivity index (χ1v) is 7.81. The number of nitrogen functional groups attached to an aromatic ring is 1. The van der Waals surface area contributed by atoms with Gasteiger partial charge in [0.05, 0.1) is 16.8 Å². The van der Waals surface area contributed by atoms with Crippen molar-refractivity contribution in [2.24, 2.45) is 0 Å². The van der Waals surface area contributed by atoms with Gasteiger partial charge in [-0.3, -0.25) is 0 Å². The third-order valence-electron chi connectivity index (χ3n) is 4.20. The first-order valence-electron chi connectivity index (χ1n) is 7.81. The summed E-state index contributed by atoms with van der Waals surface area (Å²) in [5.74, 6) is -0.436. The molecule has 6 heteroatoms. The standard InChI is InChI=1S/C17H26BNO4/c1-15(2,3)21-14(20)12-10-11(19)8-9-13(12)18-22-16(4,5)17(6,7)23-18/h8-10H,19H2,1-7H3. The highest BCUT2D eigenvalue weighted by molar-refractivity contribution is 6.63. The second-order valence-electron chi connectivity index (χ2n) is 7.94. The van der Waals surface area contributed by atoms with E-state index >= 15 is 0 Å². The second-order valence-corrected chi connectivity index (χ2v) is 7.94. The number of esters is 1. The van der Waals surface area contributed by atoms with Crippen LogP contribution in [0.1, 0.15) is 58.8 Å². The van der Waals surface area contributed by atoms with Gasteiger partial charge in [0.25, 0.3) is 0 Å². The molecule has 126 valence electrons. The van der Waals surface area contributed by atoms with Crippen molar-refractivity contribution in [2.45, 2.75) is 65.3 Å². The third-order valence-corrected chi connectivity index (χ3v) is 4.20. The maximum absolute atomic E-state index is 12.5. The number of anilines is 1. The molecule has 2 rings (SSSR count). The fraction of sp³-hybridized carbons (Fsp3) is 0.588. The minimum Gasteiger partial charge on any atom is -0.456 e. The Morgan fingerprint density at radius 3 is 2.13 bits per heavy atom. The molecule has 0 atom stereocenters. The Balaban J connectivity index is 2.39. The number of carbonyl (C=O) groups excluding carboxylic acids is 1. The van der Waals surface area contributed by atoms with Crippen LogP contribution in [0.5, 0.6) is 0 Å². The minimum atomic E-state index is -0.636. The number of hydrogen-bond acceptors (Lipinski definition) is 5. The highest BCUT2D eigenvalue weighted by Gasteiger charge is 2.52. The van der Waals surface area contributed by atoms with Crippen LogP contribution < -0.4 is 11.2 Å². The van der Waals surface area contributed by atoms with E-state index in [1.807, 2.05) is 48.5 Å². The average Bonchev–Trinajstić information content (AvgIpc) is 2.56. The quantitative estimate of drug-likeness (QED) is 0.515. The lowest BCUT2D eigenvalue weighted by Crippen LogP contribution is -2.41. The van der Waals surface area contributed by atoms with Crippen LogP contribution in [-0.2, 0) is 14.0 Å². The van der Waals surface area contributed by atoms with E-state index < -0.39 is 29.9 Å². The van der Waals surface area contributed by atoms with Crippen molar-refractivity contribution in [2.75, 3.05) is 5.73 Å². The van der Waals surface area contributed by atoms with Gasteiger partial charge in [0.1, 0.15) is 5.60 Å². The molecule has 0 bridgehead atoms. The molecule has 1 aromatic rings. The SMILES string of the molecule is CC(C)(C)OC(=O)c1cc(N)ccc1B1OC(C)(C)C(C)(C)O1. The molecule has 1 heterocycles. The summed E-state index contributed by atoms with van der Waals surface area (Å²) in [7, 11) is -0.636. The van der Waals surface area contributed by atoms with Gasteiger partial charge >= 0.3 is 13.1 Å². The molecule has 1 saturated heterocycles. The van der Waals surface area contributed by atoms with Crippen molar-refractivity contribution in [3.8, 4) is 0 Å². The average molecular weight is 319 g/mol. The minimum absolute atomic E-state index is 0.374. The van der Waals surface area contributed by atoms with Gasteiger partial charge in [-0.15, -0.1) is 0 Å². The maximum Gasteiger partial charge on any atom is 0.495 e. The summed E-state index contributed by atoms with van der Waals surface area (Å²) in [6, 6.07) is 5.10. The van der Waals surface area contributed by atoms with Crippen LogP contribution in [0, 0.1) is 0 Å². The zero-order chi connectivity index (χ0) is 17.6. The van der Waals surface area contributed by atoms with Crippen molar-refractivity contribution in [1.29, 1.82) is 0 Å². The smallest absolute Gasteiger partial charge is 0.456 e. The molecular weight excluding hydrogens is 293 g/mol. The first-order chi connectivity index (χ1) is 10.3. The number of benzene rings is 1. The van der Waals surface area contributed by atoms with Gasteiger partial charge in [0, 0.05) is 5.69 Å². The zero-order valence-corrected chi connectivity index (χ0v) is 15.0. The fourth-order valence-corrected chi connectivity index (χ4v) is 2.26. The van der Waals surface area contributed by atoms with Crippen molar-refractivity contribution >= 4 is 24.2 Å². The molecule has 1 aromatic carbocycles. The number of ether oxygens (including phenoxy) is 1. The molecule has 1 aliphatic heterocycles. The van der Waals surface area contributed by atoms with E-state index in [-0.39, 0.29) is 0 Å². The maximum atomic E-state index is 12.5. The molecule has 23 heavy (non-hydrogen) atoms. The lowest BCUT2D eigenvalue weighted by atomic mass is 9.75. The molecule has 0 unspecified atom stereocenters. The normalized spacial score (nSPS) is 19.7. The predicted molar refractivity (Wildman–Crippen MR) is 91.7 cm³/mol. The molecule has 0 aromatic heterocycles. The highest BCUT2D eigenvalue weighted by Crippen LogP contribution is 2.36. The highest BCUT2D eigenvalue weighted by atomic mass is 16.7. The van der Waals surface area contributed by atoms with Crippen molar-refractivity contribution in [1.82, 2.24) is 0 Å². The Morgan fingerprint density at radius 2 is 1.65 bits per heavy atom. The van der Waals surface area contributed by atoms with Gasteiger partial charge in [-0.25, -0.2) is 4.79 Å². The van der Waals surface area contributed by atoms with E-state index in [0.717, 1.165) is 0 Å². The third kappa shape index (κ3) is 3.70.